The number of benzodiazepines with no additional fused rings is 1. The van der Waals surface area contributed by atoms with Gasteiger partial charge in [-0.3, -0.25) is 23.8 Å². The molecule has 5 N–H and O–H groups in total. The summed E-state index contributed by atoms with van der Waals surface area (Å²) in [6.45, 7) is -1.26. The number of aliphatic imine (C=N–C) groups is 1. The predicted octanol–water partition coefficient (Wildman–Crippen LogP) is 5.53. The van der Waals surface area contributed by atoms with Gasteiger partial charge in [-0.1, -0.05) is 60.7 Å². The van der Waals surface area contributed by atoms with E-state index in [-0.39, 0.29) is 17.0 Å². The third kappa shape index (κ3) is 12.7. The van der Waals surface area contributed by atoms with E-state index in [0.717, 1.165) is 4.90 Å². The third-order valence-corrected chi connectivity index (χ3v) is 8.82. The van der Waals surface area contributed by atoms with Gasteiger partial charge in [-0.05, 0) is 43.0 Å². The zero-order chi connectivity index (χ0) is 40.6. The highest BCUT2D eigenvalue weighted by Crippen LogP contribution is 2.37. The lowest BCUT2D eigenvalue weighted by atomic mass is 9.83. The summed E-state index contributed by atoms with van der Waals surface area (Å²) in [5.74, 6) is -8.28. The van der Waals surface area contributed by atoms with Crippen LogP contribution < -0.4 is 16.0 Å². The number of fused-ring (bicyclic) bond motifs is 1. The van der Waals surface area contributed by atoms with Crippen molar-refractivity contribution in [2.24, 2.45) is 22.6 Å². The van der Waals surface area contributed by atoms with Crippen molar-refractivity contribution >= 4 is 42.9 Å². The maximum atomic E-state index is 14.2. The second-order valence-corrected chi connectivity index (χ2v) is 13.6. The number of nitrogens with two attached hydrogens (primary N) is 1. The normalized spacial score (nSPS) is 16.0. The van der Waals surface area contributed by atoms with Crippen LogP contribution in [0.2, 0.25) is 0 Å². The molecule has 296 valence electrons. The van der Waals surface area contributed by atoms with Crippen molar-refractivity contribution in [3.05, 3.63) is 101 Å². The number of amides is 3. The van der Waals surface area contributed by atoms with Gasteiger partial charge in [0.15, 0.2) is 6.73 Å². The standard InChI is InChI=1S/C35H35F6N4O9P/c36-34(37,38)17-6-10-25(24(29(42)46)16-18-35(39,40)41)31(47)44-30-32(48)45(20-53-33(49)23-14-12-21(13-15-23)19-54-55(50,51)52)27-11-5-4-9-26(27)28(43-30)22-7-2-1-3-8-22/h1-5,7-9,11-15,24-25,30H,6,10,16-20H2,(H2,42,46)(H,44,47)(H2,50,51,52)/t24-,25+,30+/m0/s1. The molecule has 0 bridgehead atoms. The molecule has 3 amide bonds. The van der Waals surface area contributed by atoms with Crippen LogP contribution >= 0.6 is 7.82 Å². The van der Waals surface area contributed by atoms with Crippen molar-refractivity contribution < 1.29 is 69.1 Å². The minimum atomic E-state index is -4.79. The van der Waals surface area contributed by atoms with Gasteiger partial charge in [0.2, 0.25) is 18.0 Å². The average molecular weight is 801 g/mol. The topological polar surface area (TPSA) is 198 Å². The average Bonchev–Trinajstić information content (AvgIpc) is 3.22. The Balaban J connectivity index is 1.68. The lowest BCUT2D eigenvalue weighted by molar-refractivity contribution is -0.147. The lowest BCUT2D eigenvalue weighted by Crippen LogP contribution is -2.51. The summed E-state index contributed by atoms with van der Waals surface area (Å²) in [4.78, 5) is 76.8. The van der Waals surface area contributed by atoms with Crippen LogP contribution in [0, 0.1) is 11.8 Å². The molecule has 0 saturated carbocycles. The van der Waals surface area contributed by atoms with Crippen molar-refractivity contribution in [2.75, 3.05) is 11.6 Å². The largest absolute Gasteiger partial charge is 0.469 e. The number of phosphoric acid groups is 1. The van der Waals surface area contributed by atoms with Gasteiger partial charge in [0, 0.05) is 35.8 Å². The van der Waals surface area contributed by atoms with Crippen LogP contribution in [-0.2, 0) is 34.8 Å². The molecule has 0 radical (unpaired) electrons. The zero-order valence-corrected chi connectivity index (χ0v) is 29.5. The van der Waals surface area contributed by atoms with E-state index in [2.05, 4.69) is 14.8 Å². The number of hydrogen-bond donors (Lipinski definition) is 4. The molecule has 0 saturated heterocycles. The molecular weight excluding hydrogens is 765 g/mol. The molecule has 55 heavy (non-hydrogen) atoms. The Hall–Kier alpha value is -5.10. The number of nitrogens with zero attached hydrogens (tertiary/aromatic N) is 2. The van der Waals surface area contributed by atoms with Gasteiger partial charge >= 0.3 is 26.1 Å². The smallest absolute Gasteiger partial charge is 0.440 e. The maximum Gasteiger partial charge on any atom is 0.469 e. The van der Waals surface area contributed by atoms with Crippen molar-refractivity contribution in [2.45, 2.75) is 57.2 Å². The van der Waals surface area contributed by atoms with Gasteiger partial charge < -0.3 is 25.6 Å². The number of benzene rings is 3. The monoisotopic (exact) mass is 800 g/mol. The Morgan fingerprint density at radius 3 is 2.09 bits per heavy atom. The number of nitrogens with one attached hydrogen (secondary N) is 1. The first-order valence-corrected chi connectivity index (χ1v) is 18.0. The van der Waals surface area contributed by atoms with Crippen molar-refractivity contribution in [1.29, 1.82) is 0 Å². The van der Waals surface area contributed by atoms with Crippen molar-refractivity contribution in [1.82, 2.24) is 5.32 Å². The van der Waals surface area contributed by atoms with E-state index in [1.54, 1.807) is 48.5 Å². The van der Waals surface area contributed by atoms with E-state index in [1.807, 2.05) is 0 Å². The first kappa shape index (κ1) is 42.6. The number of primary amides is 1. The lowest BCUT2D eigenvalue weighted by Gasteiger charge is -2.28. The molecule has 20 heteroatoms. The number of ether oxygens (including phenoxy) is 1. The van der Waals surface area contributed by atoms with Crippen LogP contribution in [0.5, 0.6) is 0 Å². The SMILES string of the molecule is NC(=O)[C@@H](CCC(F)(F)F)[C@@H](CCCC(F)(F)F)C(=O)N[C@H]1N=C(c2ccccc2)c2ccccc2N(COC(=O)c2ccc(COP(=O)(O)O)cc2)C1=O. The molecule has 3 atom stereocenters. The molecule has 3 aromatic rings. The molecule has 0 aliphatic carbocycles. The van der Waals surface area contributed by atoms with E-state index < -0.39 is 107 Å². The maximum absolute atomic E-state index is 14.2. The molecular formula is C35H35F6N4O9P. The number of esters is 1. The van der Waals surface area contributed by atoms with E-state index in [4.69, 9.17) is 20.3 Å². The van der Waals surface area contributed by atoms with E-state index in [1.165, 1.54) is 30.3 Å². The van der Waals surface area contributed by atoms with Gasteiger partial charge in [-0.15, -0.1) is 0 Å². The molecule has 3 aromatic carbocycles. The van der Waals surface area contributed by atoms with Crippen LogP contribution in [0.4, 0.5) is 32.0 Å². The summed E-state index contributed by atoms with van der Waals surface area (Å²) in [5.41, 5.74) is 6.67. The van der Waals surface area contributed by atoms with Crippen LogP contribution in [0.3, 0.4) is 0 Å². The van der Waals surface area contributed by atoms with Gasteiger partial charge in [-0.25, -0.2) is 14.4 Å². The number of anilines is 1. The second kappa shape index (κ2) is 18.0. The first-order valence-electron chi connectivity index (χ1n) is 16.5. The highest BCUT2D eigenvalue weighted by Gasteiger charge is 2.40. The van der Waals surface area contributed by atoms with Crippen LogP contribution in [0.25, 0.3) is 0 Å². The fourth-order valence-electron chi connectivity index (χ4n) is 5.72. The summed E-state index contributed by atoms with van der Waals surface area (Å²) in [6, 6.07) is 19.7. The first-order chi connectivity index (χ1) is 25.7. The van der Waals surface area contributed by atoms with Crippen molar-refractivity contribution in [3.8, 4) is 0 Å². The zero-order valence-electron chi connectivity index (χ0n) is 28.6. The van der Waals surface area contributed by atoms with E-state index in [0.29, 0.717) is 16.7 Å². The molecule has 0 aromatic heterocycles. The summed E-state index contributed by atoms with van der Waals surface area (Å²) < 4.78 is 99.6. The fraction of sp³-hybridized carbons (Fsp3) is 0.343. The Kier molecular flexibility index (Phi) is 14.0. The third-order valence-electron chi connectivity index (χ3n) is 8.35. The number of carbonyl (C=O) groups excluding carboxylic acids is 4. The summed E-state index contributed by atoms with van der Waals surface area (Å²) in [5, 5.41) is 2.31. The highest BCUT2D eigenvalue weighted by atomic mass is 31.2. The number of para-hydroxylation sites is 1. The Bertz CT molecular complexity index is 1920. The minimum absolute atomic E-state index is 0.0420. The van der Waals surface area contributed by atoms with Gasteiger partial charge in [0.25, 0.3) is 5.91 Å². The molecule has 1 aliphatic heterocycles. The Morgan fingerprint density at radius 2 is 1.49 bits per heavy atom. The number of rotatable bonds is 16. The molecule has 4 rings (SSSR count). The number of carbonyl (C=O) groups is 4. The Morgan fingerprint density at radius 1 is 0.873 bits per heavy atom. The number of alkyl halides is 6. The summed E-state index contributed by atoms with van der Waals surface area (Å²) >= 11 is 0. The van der Waals surface area contributed by atoms with E-state index >= 15 is 0 Å². The van der Waals surface area contributed by atoms with Gasteiger partial charge in [0.05, 0.1) is 23.6 Å². The Labute approximate surface area is 309 Å². The molecule has 0 fully saturated rings. The highest BCUT2D eigenvalue weighted by molar-refractivity contribution is 7.46. The van der Waals surface area contributed by atoms with Crippen molar-refractivity contribution in [3.63, 3.8) is 0 Å². The van der Waals surface area contributed by atoms with Gasteiger partial charge in [-0.2, -0.15) is 26.3 Å². The van der Waals surface area contributed by atoms with Gasteiger partial charge in [0.1, 0.15) is 0 Å². The summed E-state index contributed by atoms with van der Waals surface area (Å²) in [7, 11) is -4.77. The number of halogens is 6. The minimum Gasteiger partial charge on any atom is -0.440 e. The molecule has 1 aliphatic rings. The molecule has 0 unspecified atom stereocenters. The number of phosphoric ester groups is 1. The summed E-state index contributed by atoms with van der Waals surface area (Å²) in [6.07, 6.45) is -16.8. The van der Waals surface area contributed by atoms with Crippen LogP contribution in [0.15, 0.2) is 83.9 Å². The molecule has 1 heterocycles. The quantitative estimate of drug-likeness (QED) is 0.0818. The molecule has 0 spiro atoms. The predicted molar refractivity (Wildman–Crippen MR) is 183 cm³/mol. The number of hydrogen-bond acceptors (Lipinski definition) is 8. The second-order valence-electron chi connectivity index (χ2n) is 12.3. The van der Waals surface area contributed by atoms with Crippen LogP contribution in [-0.4, -0.2) is 64.4 Å². The fourth-order valence-corrected chi connectivity index (χ4v) is 6.04. The van der Waals surface area contributed by atoms with E-state index in [9.17, 15) is 50.1 Å². The molecule has 13 nitrogen and oxygen atoms in total. The van der Waals surface area contributed by atoms with Crippen LogP contribution in [0.1, 0.15) is 59.2 Å².